The molecule has 2 aliphatic rings. The van der Waals surface area contributed by atoms with Crippen molar-refractivity contribution in [2.75, 3.05) is 29.9 Å². The molecule has 3 amide bonds. The van der Waals surface area contributed by atoms with E-state index in [1.165, 1.54) is 13.0 Å². The zero-order chi connectivity index (χ0) is 23.7. The summed E-state index contributed by atoms with van der Waals surface area (Å²) in [6.07, 6.45) is 1.53. The number of hydrogen-bond donors (Lipinski definition) is 2. The van der Waals surface area contributed by atoms with Gasteiger partial charge in [-0.3, -0.25) is 14.4 Å². The number of piperidine rings is 1. The van der Waals surface area contributed by atoms with Gasteiger partial charge in [-0.15, -0.1) is 0 Å². The lowest BCUT2D eigenvalue weighted by molar-refractivity contribution is -0.121. The molecule has 1 unspecified atom stereocenters. The molecule has 0 bridgehead atoms. The molecular weight excluding hydrogens is 432 g/mol. The minimum Gasteiger partial charge on any atom is -0.396 e. The average molecular weight is 455 g/mol. The molecule has 4 rings (SSSR count). The van der Waals surface area contributed by atoms with Gasteiger partial charge in [-0.1, -0.05) is 12.1 Å². The molecular formula is C24H23F2N3O4. The van der Waals surface area contributed by atoms with Crippen LogP contribution in [0.4, 0.5) is 20.2 Å². The van der Waals surface area contributed by atoms with E-state index >= 15 is 0 Å². The van der Waals surface area contributed by atoms with Gasteiger partial charge < -0.3 is 15.3 Å². The van der Waals surface area contributed by atoms with Gasteiger partial charge in [0.1, 0.15) is 5.70 Å². The number of nitrogens with one attached hydrogen (secondary N) is 1. The van der Waals surface area contributed by atoms with Crippen LogP contribution in [0.15, 0.2) is 48.2 Å². The molecule has 0 aromatic heterocycles. The lowest BCUT2D eigenvalue weighted by Gasteiger charge is -2.34. The van der Waals surface area contributed by atoms with Gasteiger partial charge >= 0.3 is 0 Å². The molecule has 1 saturated heterocycles. The molecule has 2 aromatic carbocycles. The second-order valence-electron chi connectivity index (χ2n) is 8.16. The highest BCUT2D eigenvalue weighted by molar-refractivity contribution is 6.45. The van der Waals surface area contributed by atoms with Crippen molar-refractivity contribution >= 4 is 34.7 Å². The Morgan fingerprint density at radius 1 is 1.09 bits per heavy atom. The Hall–Kier alpha value is -3.59. The van der Waals surface area contributed by atoms with Crippen LogP contribution in [0.25, 0.3) is 5.57 Å². The maximum Gasteiger partial charge on any atom is 0.282 e. The normalized spacial score (nSPS) is 18.8. The summed E-state index contributed by atoms with van der Waals surface area (Å²) in [4.78, 5) is 40.9. The van der Waals surface area contributed by atoms with Gasteiger partial charge in [0, 0.05) is 38.4 Å². The van der Waals surface area contributed by atoms with E-state index in [0.29, 0.717) is 24.3 Å². The number of aliphatic hydroxyl groups excluding tert-OH is 1. The summed E-state index contributed by atoms with van der Waals surface area (Å²) in [6.45, 7) is 2.24. The van der Waals surface area contributed by atoms with Crippen LogP contribution in [0.3, 0.4) is 0 Å². The van der Waals surface area contributed by atoms with E-state index in [9.17, 15) is 28.3 Å². The van der Waals surface area contributed by atoms with Crippen LogP contribution >= 0.6 is 0 Å². The molecule has 1 fully saturated rings. The fraction of sp³-hybridized carbons (Fsp3) is 0.292. The zero-order valence-corrected chi connectivity index (χ0v) is 18.0. The number of nitrogens with zero attached hydrogens (tertiary/aromatic N) is 2. The van der Waals surface area contributed by atoms with Gasteiger partial charge in [0.2, 0.25) is 5.91 Å². The fourth-order valence-electron chi connectivity index (χ4n) is 4.27. The predicted molar refractivity (Wildman–Crippen MR) is 118 cm³/mol. The zero-order valence-electron chi connectivity index (χ0n) is 18.0. The highest BCUT2D eigenvalue weighted by Gasteiger charge is 2.43. The third-order valence-corrected chi connectivity index (χ3v) is 5.81. The van der Waals surface area contributed by atoms with E-state index in [-0.39, 0.29) is 35.4 Å². The number of benzene rings is 2. The maximum atomic E-state index is 13.9. The number of imide groups is 1. The number of hydrogen-bond acceptors (Lipinski definition) is 5. The third kappa shape index (κ3) is 4.36. The number of carbonyl (C=O) groups excluding carboxylic acids is 3. The van der Waals surface area contributed by atoms with Crippen LogP contribution in [-0.2, 0) is 14.4 Å². The third-order valence-electron chi connectivity index (χ3n) is 5.81. The van der Waals surface area contributed by atoms with Crippen molar-refractivity contribution in [1.82, 2.24) is 4.90 Å². The summed E-state index contributed by atoms with van der Waals surface area (Å²) in [5.41, 5.74) is 1.21. The number of halogens is 2. The monoisotopic (exact) mass is 455 g/mol. The van der Waals surface area contributed by atoms with Crippen LogP contribution in [0.2, 0.25) is 0 Å². The Balaban J connectivity index is 1.78. The summed E-state index contributed by atoms with van der Waals surface area (Å²) in [6, 6.07) is 9.34. The van der Waals surface area contributed by atoms with Crippen molar-refractivity contribution in [3.8, 4) is 0 Å². The molecule has 0 spiro atoms. The van der Waals surface area contributed by atoms with E-state index in [1.54, 1.807) is 29.2 Å². The van der Waals surface area contributed by atoms with Gasteiger partial charge in [-0.2, -0.15) is 0 Å². The van der Waals surface area contributed by atoms with Gasteiger partial charge in [0.15, 0.2) is 11.6 Å². The molecule has 1 atom stereocenters. The Morgan fingerprint density at radius 2 is 1.82 bits per heavy atom. The van der Waals surface area contributed by atoms with Gasteiger partial charge in [0.05, 0.1) is 11.3 Å². The van der Waals surface area contributed by atoms with Crippen LogP contribution in [0.5, 0.6) is 0 Å². The lowest BCUT2D eigenvalue weighted by atomic mass is 9.97. The topological polar surface area (TPSA) is 90.0 Å². The molecule has 172 valence electrons. The summed E-state index contributed by atoms with van der Waals surface area (Å²) in [5, 5.41) is 12.3. The van der Waals surface area contributed by atoms with E-state index in [1.807, 2.05) is 0 Å². The predicted octanol–water partition coefficient (Wildman–Crippen LogP) is 2.91. The Morgan fingerprint density at radius 3 is 2.45 bits per heavy atom. The van der Waals surface area contributed by atoms with Gasteiger partial charge in [-0.05, 0) is 48.6 Å². The van der Waals surface area contributed by atoms with Gasteiger partial charge in [0.25, 0.3) is 11.8 Å². The van der Waals surface area contributed by atoms with Crippen molar-refractivity contribution in [2.24, 2.45) is 5.92 Å². The molecule has 2 aromatic rings. The van der Waals surface area contributed by atoms with E-state index in [4.69, 9.17) is 0 Å². The molecule has 2 N–H and O–H groups in total. The molecule has 9 heteroatoms. The largest absolute Gasteiger partial charge is 0.396 e. The number of aliphatic hydroxyl groups is 1. The molecule has 2 aliphatic heterocycles. The minimum atomic E-state index is -1.17. The standard InChI is InChI=1S/C24H23F2N3O4/c1-14(31)27-17-6-4-16(5-7-17)21-22(28-10-2-3-15(12-28)13-30)24(33)29(23(21)32)18-8-9-19(25)20(26)11-18/h4-9,11,15,30H,2-3,10,12-13H2,1H3,(H,27,31). The van der Waals surface area contributed by atoms with Crippen molar-refractivity contribution in [3.05, 3.63) is 65.4 Å². The van der Waals surface area contributed by atoms with E-state index in [2.05, 4.69) is 5.32 Å². The molecule has 0 radical (unpaired) electrons. The SMILES string of the molecule is CC(=O)Nc1ccc(C2=C(N3CCCC(CO)C3)C(=O)N(c3ccc(F)c(F)c3)C2=O)cc1. The summed E-state index contributed by atoms with van der Waals surface area (Å²) < 4.78 is 27.4. The van der Waals surface area contributed by atoms with E-state index in [0.717, 1.165) is 29.9 Å². The van der Waals surface area contributed by atoms with Crippen LogP contribution in [0, 0.1) is 17.6 Å². The van der Waals surface area contributed by atoms with Crippen LogP contribution in [0.1, 0.15) is 25.3 Å². The first-order valence-corrected chi connectivity index (χ1v) is 10.6. The summed E-state index contributed by atoms with van der Waals surface area (Å²) >= 11 is 0. The number of amides is 3. The van der Waals surface area contributed by atoms with Crippen molar-refractivity contribution in [1.29, 1.82) is 0 Å². The van der Waals surface area contributed by atoms with Gasteiger partial charge in [-0.25, -0.2) is 13.7 Å². The Kier molecular flexibility index (Phi) is 6.24. The first kappa shape index (κ1) is 22.6. The Bertz CT molecular complexity index is 1150. The summed E-state index contributed by atoms with van der Waals surface area (Å²) in [5.74, 6) is -3.83. The molecule has 0 aliphatic carbocycles. The first-order chi connectivity index (χ1) is 15.8. The fourth-order valence-corrected chi connectivity index (χ4v) is 4.27. The van der Waals surface area contributed by atoms with Crippen LogP contribution < -0.4 is 10.2 Å². The summed E-state index contributed by atoms with van der Waals surface area (Å²) in [7, 11) is 0. The second kappa shape index (κ2) is 9.11. The second-order valence-corrected chi connectivity index (χ2v) is 8.16. The smallest absolute Gasteiger partial charge is 0.282 e. The number of rotatable bonds is 5. The van der Waals surface area contributed by atoms with E-state index < -0.39 is 23.4 Å². The number of anilines is 2. The Labute approximate surface area is 189 Å². The minimum absolute atomic E-state index is 0.0421. The molecule has 33 heavy (non-hydrogen) atoms. The first-order valence-electron chi connectivity index (χ1n) is 10.6. The molecule has 2 heterocycles. The van der Waals surface area contributed by atoms with Crippen molar-refractivity contribution < 1.29 is 28.3 Å². The lowest BCUT2D eigenvalue weighted by Crippen LogP contribution is -2.40. The average Bonchev–Trinajstić information content (AvgIpc) is 3.06. The number of carbonyl (C=O) groups is 3. The quantitative estimate of drug-likeness (QED) is 0.677. The number of likely N-dealkylation sites (tertiary alicyclic amines) is 1. The van der Waals surface area contributed by atoms with Crippen LogP contribution in [-0.4, -0.2) is 47.4 Å². The highest BCUT2D eigenvalue weighted by Crippen LogP contribution is 2.37. The van der Waals surface area contributed by atoms with Crippen molar-refractivity contribution in [3.63, 3.8) is 0 Å². The highest BCUT2D eigenvalue weighted by atomic mass is 19.2. The maximum absolute atomic E-state index is 13.9. The van der Waals surface area contributed by atoms with Crippen molar-refractivity contribution in [2.45, 2.75) is 19.8 Å². The molecule has 0 saturated carbocycles. The molecule has 7 nitrogen and oxygen atoms in total.